The fourth-order valence-corrected chi connectivity index (χ4v) is 4.18. The Balaban J connectivity index is 1.47. The fraction of sp³-hybridized carbons (Fsp3) is 0. The molecule has 0 saturated heterocycles. The molecule has 0 unspecified atom stereocenters. The summed E-state index contributed by atoms with van der Waals surface area (Å²) in [7, 11) is 0. The van der Waals surface area contributed by atoms with Crippen LogP contribution in [0.2, 0.25) is 0 Å². The number of benzene rings is 5. The third-order valence-corrected chi connectivity index (χ3v) is 5.92. The third-order valence-electron chi connectivity index (χ3n) is 5.92. The van der Waals surface area contributed by atoms with E-state index in [0.29, 0.717) is 16.7 Å². The van der Waals surface area contributed by atoms with Crippen LogP contribution in [0.3, 0.4) is 0 Å². The summed E-state index contributed by atoms with van der Waals surface area (Å²) in [5.41, 5.74) is 2.94. The predicted octanol–water partition coefficient (Wildman–Crippen LogP) is 8.44. The molecule has 0 aliphatic rings. The molecule has 4 heteroatoms. The number of hydrogen-bond acceptors (Lipinski definition) is 4. The summed E-state index contributed by atoms with van der Waals surface area (Å²) in [6.07, 6.45) is 0. The molecule has 37 heavy (non-hydrogen) atoms. The molecule has 0 amide bonds. The Kier molecular flexibility index (Phi) is 3.18. The van der Waals surface area contributed by atoms with Crippen LogP contribution in [0.5, 0.6) is 0 Å². The van der Waals surface area contributed by atoms with Gasteiger partial charge in [0.2, 0.25) is 0 Å². The molecule has 0 fully saturated rings. The number of nitrogens with zero attached hydrogens (tertiary/aromatic N) is 3. The summed E-state index contributed by atoms with van der Waals surface area (Å²) in [5.74, 6) is -0.687. The van der Waals surface area contributed by atoms with Crippen LogP contribution in [0.1, 0.15) is 13.7 Å². The van der Waals surface area contributed by atoms with Crippen LogP contribution in [-0.4, -0.2) is 15.0 Å². The molecule has 7 rings (SSSR count). The van der Waals surface area contributed by atoms with Crippen LogP contribution >= 0.6 is 0 Å². The molecule has 0 aliphatic carbocycles. The average Bonchev–Trinajstić information content (AvgIpc) is 3.46. The average molecular weight is 486 g/mol. The van der Waals surface area contributed by atoms with Crippen LogP contribution < -0.4 is 0 Å². The Morgan fingerprint density at radius 3 is 1.70 bits per heavy atom. The van der Waals surface area contributed by atoms with Crippen molar-refractivity contribution in [2.45, 2.75) is 0 Å². The minimum Gasteiger partial charge on any atom is -0.456 e. The van der Waals surface area contributed by atoms with E-state index in [1.807, 2.05) is 54.6 Å². The molecule has 7 aromatic rings. The number of hydrogen-bond donors (Lipinski definition) is 0. The Morgan fingerprint density at radius 2 is 1.05 bits per heavy atom. The van der Waals surface area contributed by atoms with Crippen molar-refractivity contribution < 1.29 is 18.1 Å². The maximum Gasteiger partial charge on any atom is 0.164 e. The summed E-state index contributed by atoms with van der Waals surface area (Å²) < 4.78 is 88.8. The first-order valence-corrected chi connectivity index (χ1v) is 11.4. The van der Waals surface area contributed by atoms with Crippen LogP contribution in [0.15, 0.2) is 132 Å². The van der Waals surface area contributed by atoms with E-state index in [9.17, 15) is 0 Å². The zero-order chi connectivity index (χ0) is 33.3. The second kappa shape index (κ2) is 8.85. The van der Waals surface area contributed by atoms with E-state index in [1.165, 1.54) is 0 Å². The van der Waals surface area contributed by atoms with E-state index in [4.69, 9.17) is 18.1 Å². The summed E-state index contributed by atoms with van der Waals surface area (Å²) in [4.78, 5) is 13.3. The zero-order valence-corrected chi connectivity index (χ0v) is 19.1. The van der Waals surface area contributed by atoms with Crippen molar-refractivity contribution in [2.75, 3.05) is 0 Å². The van der Waals surface area contributed by atoms with Crippen molar-refractivity contribution in [3.63, 3.8) is 0 Å². The van der Waals surface area contributed by atoms with Crippen molar-refractivity contribution in [1.82, 2.24) is 15.0 Å². The minimum atomic E-state index is -0.606. The van der Waals surface area contributed by atoms with E-state index in [1.54, 1.807) is 12.1 Å². The van der Waals surface area contributed by atoms with Gasteiger partial charge in [-0.25, -0.2) is 15.0 Å². The van der Waals surface area contributed by atoms with Crippen molar-refractivity contribution >= 4 is 21.9 Å². The summed E-state index contributed by atoms with van der Waals surface area (Å²) in [6, 6.07) is 15.1. The second-order valence-corrected chi connectivity index (χ2v) is 8.20. The lowest BCUT2D eigenvalue weighted by atomic mass is 10.0. The Hall–Kier alpha value is -5.09. The highest BCUT2D eigenvalue weighted by molar-refractivity contribution is 6.07. The van der Waals surface area contributed by atoms with E-state index in [0.717, 1.165) is 21.9 Å². The number of fused-ring (bicyclic) bond motifs is 3. The lowest BCUT2D eigenvalue weighted by molar-refractivity contribution is 0.669. The summed E-state index contributed by atoms with van der Waals surface area (Å²) in [6.45, 7) is 0. The Morgan fingerprint density at radius 1 is 0.459 bits per heavy atom. The van der Waals surface area contributed by atoms with Gasteiger partial charge in [-0.2, -0.15) is 0 Å². The Bertz CT molecular complexity index is 2280. The van der Waals surface area contributed by atoms with Gasteiger partial charge in [0, 0.05) is 27.5 Å². The maximum atomic E-state index is 8.51. The van der Waals surface area contributed by atoms with Crippen LogP contribution in [0.4, 0.5) is 0 Å². The molecule has 5 aromatic carbocycles. The molecule has 0 atom stereocenters. The molecule has 2 heterocycles. The van der Waals surface area contributed by atoms with E-state index in [2.05, 4.69) is 15.0 Å². The van der Waals surface area contributed by atoms with E-state index < -0.39 is 60.4 Å². The largest absolute Gasteiger partial charge is 0.456 e. The van der Waals surface area contributed by atoms with Crippen molar-refractivity contribution in [2.24, 2.45) is 0 Å². The first-order chi connectivity index (χ1) is 22.5. The molecule has 0 saturated carbocycles. The lowest BCUT2D eigenvalue weighted by Crippen LogP contribution is -2.00. The maximum absolute atomic E-state index is 8.51. The SMILES string of the molecule is [2H]c1c([2H])c([2H])c(-c2nc(-c3ccc4c(c3)oc3ccc(-c5ccccc5)cc34)nc(-c3c([2H])c([2H])c([2H])c([2H])c3[2H])n2)c([2H])c1[2H]. The highest BCUT2D eigenvalue weighted by Crippen LogP contribution is 2.35. The van der Waals surface area contributed by atoms with E-state index >= 15 is 0 Å². The molecule has 0 spiro atoms. The van der Waals surface area contributed by atoms with Gasteiger partial charge in [-0.15, -0.1) is 0 Å². The molecule has 0 N–H and O–H groups in total. The minimum absolute atomic E-state index is 0.0315. The van der Waals surface area contributed by atoms with Gasteiger partial charge < -0.3 is 4.42 Å². The van der Waals surface area contributed by atoms with Gasteiger partial charge in [0.25, 0.3) is 0 Å². The smallest absolute Gasteiger partial charge is 0.164 e. The molecule has 4 nitrogen and oxygen atoms in total. The van der Waals surface area contributed by atoms with Crippen molar-refractivity contribution in [3.05, 3.63) is 127 Å². The molecule has 174 valence electrons. The summed E-state index contributed by atoms with van der Waals surface area (Å²) in [5, 5.41) is 1.69. The normalized spacial score (nSPS) is 15.0. The van der Waals surface area contributed by atoms with Gasteiger partial charge in [0.15, 0.2) is 17.5 Å². The van der Waals surface area contributed by atoms with Gasteiger partial charge in [-0.05, 0) is 35.4 Å². The van der Waals surface area contributed by atoms with Gasteiger partial charge in [0.1, 0.15) is 11.2 Å². The second-order valence-electron chi connectivity index (χ2n) is 8.20. The van der Waals surface area contributed by atoms with Crippen LogP contribution in [0, 0.1) is 0 Å². The molecular formula is C33H21N3O. The number of furan rings is 1. The van der Waals surface area contributed by atoms with Crippen molar-refractivity contribution in [3.8, 4) is 45.3 Å². The highest BCUT2D eigenvalue weighted by Gasteiger charge is 2.15. The topological polar surface area (TPSA) is 51.8 Å². The standard InChI is InChI=1S/C33H21N3O/c1-4-10-22(11-5-1)25-17-19-29-28(20-25)27-18-16-26(21-30(27)37-29)33-35-31(23-12-6-2-7-13-23)34-32(36-33)24-14-8-3-9-15-24/h1-21H/i2D,3D,6D,7D,8D,9D,12D,13D,14D,15D. The van der Waals surface area contributed by atoms with Crippen LogP contribution in [0.25, 0.3) is 67.2 Å². The number of rotatable bonds is 4. The monoisotopic (exact) mass is 485 g/mol. The molecule has 0 bridgehead atoms. The predicted molar refractivity (Wildman–Crippen MR) is 149 cm³/mol. The number of aromatic nitrogens is 3. The molecular weight excluding hydrogens is 454 g/mol. The Labute approximate surface area is 228 Å². The highest BCUT2D eigenvalue weighted by atomic mass is 16.3. The third kappa shape index (κ3) is 3.95. The summed E-state index contributed by atoms with van der Waals surface area (Å²) >= 11 is 0. The first kappa shape index (κ1) is 13.3. The first-order valence-electron chi connectivity index (χ1n) is 16.4. The van der Waals surface area contributed by atoms with Gasteiger partial charge in [-0.1, -0.05) is 103 Å². The molecule has 0 aliphatic heterocycles. The van der Waals surface area contributed by atoms with Crippen LogP contribution in [-0.2, 0) is 0 Å². The fourth-order valence-electron chi connectivity index (χ4n) is 4.18. The van der Waals surface area contributed by atoms with Gasteiger partial charge >= 0.3 is 0 Å². The van der Waals surface area contributed by atoms with Gasteiger partial charge in [0.05, 0.1) is 13.7 Å². The molecule has 2 aromatic heterocycles. The van der Waals surface area contributed by atoms with Crippen molar-refractivity contribution in [1.29, 1.82) is 0 Å². The van der Waals surface area contributed by atoms with E-state index in [-0.39, 0.29) is 28.6 Å². The van der Waals surface area contributed by atoms with Gasteiger partial charge in [-0.3, -0.25) is 0 Å². The quantitative estimate of drug-likeness (QED) is 0.251. The molecule has 0 radical (unpaired) electrons. The lowest BCUT2D eigenvalue weighted by Gasteiger charge is -2.08. The zero-order valence-electron chi connectivity index (χ0n) is 29.1.